The van der Waals surface area contributed by atoms with Crippen molar-refractivity contribution in [3.8, 4) is 0 Å². The minimum absolute atomic E-state index is 0.242. The molecule has 3 aromatic rings. The van der Waals surface area contributed by atoms with Crippen molar-refractivity contribution >= 4 is 40.6 Å². The Labute approximate surface area is 301 Å². The summed E-state index contributed by atoms with van der Waals surface area (Å²) in [4.78, 5) is 44.6. The molecule has 0 bridgehead atoms. The molecule has 1 atom stereocenters. The number of methoxy groups -OCH3 is 1. The van der Waals surface area contributed by atoms with Crippen molar-refractivity contribution in [2.75, 3.05) is 25.6 Å². The van der Waals surface area contributed by atoms with Gasteiger partial charge in [0.1, 0.15) is 5.60 Å². The fourth-order valence-corrected chi connectivity index (χ4v) is 6.97. The molecular weight excluding hydrogens is 642 g/mol. The van der Waals surface area contributed by atoms with Gasteiger partial charge in [0.05, 0.1) is 36.3 Å². The third-order valence-corrected chi connectivity index (χ3v) is 9.27. The summed E-state index contributed by atoms with van der Waals surface area (Å²) < 4.78 is 16.5. The highest BCUT2D eigenvalue weighted by Gasteiger charge is 2.38. The Bertz CT molecular complexity index is 1900. The predicted octanol–water partition coefficient (Wildman–Crippen LogP) is 8.01. The molecular formula is C42H51N3O6. The van der Waals surface area contributed by atoms with E-state index in [0.717, 1.165) is 37.7 Å². The molecule has 0 saturated carbocycles. The van der Waals surface area contributed by atoms with Crippen LogP contribution in [0.15, 0.2) is 71.1 Å². The van der Waals surface area contributed by atoms with Crippen LogP contribution in [0.4, 0.5) is 5.69 Å². The second kappa shape index (κ2) is 16.4. The molecule has 0 fully saturated rings. The number of pyridine rings is 1. The number of ether oxygens (including phenoxy) is 3. The summed E-state index contributed by atoms with van der Waals surface area (Å²) in [6.07, 6.45) is 9.92. The number of hydrogen-bond acceptors (Lipinski definition) is 9. The molecule has 2 aliphatic rings. The highest BCUT2D eigenvalue weighted by molar-refractivity contribution is 6.00. The molecule has 1 aliphatic heterocycles. The second-order valence-corrected chi connectivity index (χ2v) is 14.4. The van der Waals surface area contributed by atoms with Crippen molar-refractivity contribution in [2.45, 2.75) is 98.0 Å². The lowest BCUT2D eigenvalue weighted by Gasteiger charge is -2.31. The maximum atomic E-state index is 13.8. The predicted molar refractivity (Wildman–Crippen MR) is 201 cm³/mol. The SMILES string of the molecule is COC(=O)C1=C(C)NC(C)=C(C(=O)OCCCCCNc2c3c(nc4cc(C)ccc24)CCCC3)C1c1ccccc1/C=C/C(=O)OC(C)(C)C. The number of nitrogens with one attached hydrogen (secondary N) is 2. The van der Waals surface area contributed by atoms with Crippen molar-refractivity contribution in [1.29, 1.82) is 0 Å². The Kier molecular flexibility index (Phi) is 12.0. The Morgan fingerprint density at radius 3 is 2.41 bits per heavy atom. The van der Waals surface area contributed by atoms with Gasteiger partial charge >= 0.3 is 17.9 Å². The number of allylic oxidation sites excluding steroid dienone is 2. The number of hydrogen-bond donors (Lipinski definition) is 2. The van der Waals surface area contributed by atoms with E-state index in [1.807, 2.05) is 24.3 Å². The average molecular weight is 694 g/mol. The number of unbranched alkanes of at least 4 members (excludes halogenated alkanes) is 2. The number of aromatic nitrogens is 1. The Hall–Kier alpha value is -4.92. The molecule has 2 aromatic carbocycles. The van der Waals surface area contributed by atoms with Crippen LogP contribution in [-0.4, -0.2) is 48.8 Å². The number of fused-ring (bicyclic) bond motifs is 2. The van der Waals surface area contributed by atoms with Crippen molar-refractivity contribution in [3.05, 3.63) is 99.0 Å². The van der Waals surface area contributed by atoms with Gasteiger partial charge in [0.25, 0.3) is 0 Å². The molecule has 0 radical (unpaired) electrons. The molecule has 1 aromatic heterocycles. The summed E-state index contributed by atoms with van der Waals surface area (Å²) in [6, 6.07) is 13.8. The van der Waals surface area contributed by atoms with E-state index < -0.39 is 29.4 Å². The molecule has 9 heteroatoms. The summed E-state index contributed by atoms with van der Waals surface area (Å²) in [7, 11) is 1.32. The number of rotatable bonds is 12. The lowest BCUT2D eigenvalue weighted by Crippen LogP contribution is -2.32. The van der Waals surface area contributed by atoms with Crippen LogP contribution >= 0.6 is 0 Å². The van der Waals surface area contributed by atoms with Crippen molar-refractivity contribution in [1.82, 2.24) is 10.3 Å². The summed E-state index contributed by atoms with van der Waals surface area (Å²) in [5.74, 6) is -2.33. The zero-order valence-corrected chi connectivity index (χ0v) is 31.0. The zero-order valence-electron chi connectivity index (χ0n) is 31.0. The Morgan fingerprint density at radius 2 is 1.67 bits per heavy atom. The first kappa shape index (κ1) is 37.3. The van der Waals surface area contributed by atoms with Gasteiger partial charge in [-0.3, -0.25) is 4.98 Å². The number of aryl methyl sites for hydroxylation is 2. The van der Waals surface area contributed by atoms with Gasteiger partial charge in [0.2, 0.25) is 0 Å². The van der Waals surface area contributed by atoms with Gasteiger partial charge in [-0.1, -0.05) is 36.4 Å². The lowest BCUT2D eigenvalue weighted by atomic mass is 9.78. The fourth-order valence-electron chi connectivity index (χ4n) is 6.97. The number of dihydropyridines is 1. The van der Waals surface area contributed by atoms with E-state index in [1.165, 1.54) is 53.9 Å². The van der Waals surface area contributed by atoms with Gasteiger partial charge in [-0.2, -0.15) is 0 Å². The molecule has 1 aliphatic carbocycles. The smallest absolute Gasteiger partial charge is 0.336 e. The van der Waals surface area contributed by atoms with Crippen molar-refractivity contribution in [2.24, 2.45) is 0 Å². The van der Waals surface area contributed by atoms with Gasteiger partial charge in [-0.15, -0.1) is 0 Å². The van der Waals surface area contributed by atoms with Crippen LogP contribution in [0, 0.1) is 6.92 Å². The summed E-state index contributed by atoms with van der Waals surface area (Å²) >= 11 is 0. The van der Waals surface area contributed by atoms with Gasteiger partial charge in [0.15, 0.2) is 0 Å². The molecule has 2 heterocycles. The van der Waals surface area contributed by atoms with Crippen LogP contribution in [0.1, 0.15) is 101 Å². The minimum Gasteiger partial charge on any atom is -0.466 e. The normalized spacial score (nSPS) is 16.2. The van der Waals surface area contributed by atoms with Crippen LogP contribution in [0.25, 0.3) is 17.0 Å². The fraction of sp³-hybridized carbons (Fsp3) is 0.429. The van der Waals surface area contributed by atoms with Crippen LogP contribution in [0.2, 0.25) is 0 Å². The number of anilines is 1. The van der Waals surface area contributed by atoms with E-state index >= 15 is 0 Å². The second-order valence-electron chi connectivity index (χ2n) is 14.4. The number of benzene rings is 2. The molecule has 51 heavy (non-hydrogen) atoms. The van der Waals surface area contributed by atoms with Gasteiger partial charge in [0, 0.05) is 40.8 Å². The molecule has 270 valence electrons. The topological polar surface area (TPSA) is 116 Å². The molecule has 0 amide bonds. The molecule has 0 spiro atoms. The largest absolute Gasteiger partial charge is 0.466 e. The van der Waals surface area contributed by atoms with E-state index in [2.05, 4.69) is 35.8 Å². The molecule has 5 rings (SSSR count). The number of nitrogens with zero attached hydrogens (tertiary/aromatic N) is 1. The molecule has 2 N–H and O–H groups in total. The van der Waals surface area contributed by atoms with Crippen LogP contribution in [0.3, 0.4) is 0 Å². The summed E-state index contributed by atoms with van der Waals surface area (Å²) in [6.45, 7) is 12.1. The standard InChI is InChI=1S/C42H51N3O6/c1-26-19-21-32-34(25-26)45-33-18-12-11-17-31(33)39(32)43-23-13-8-14-24-50-41(48)37-28(3)44-27(2)36(40(47)49-7)38(37)30-16-10-9-15-29(30)20-22-35(46)51-42(4,5)6/h9-10,15-16,19-22,25,38,44H,8,11-14,17-18,23-24H2,1-7H3,(H,43,45)/b22-20+. The summed E-state index contributed by atoms with van der Waals surface area (Å²) in [5.41, 5.74) is 8.52. The van der Waals surface area contributed by atoms with E-state index in [4.69, 9.17) is 19.2 Å². The average Bonchev–Trinajstić information content (AvgIpc) is 3.08. The van der Waals surface area contributed by atoms with Crippen LogP contribution in [0.5, 0.6) is 0 Å². The Morgan fingerprint density at radius 1 is 0.941 bits per heavy atom. The monoisotopic (exact) mass is 693 g/mol. The van der Waals surface area contributed by atoms with E-state index in [9.17, 15) is 14.4 Å². The molecule has 1 unspecified atom stereocenters. The van der Waals surface area contributed by atoms with Gasteiger partial charge < -0.3 is 24.8 Å². The number of carbonyl (C=O) groups excluding carboxylic acids is 3. The van der Waals surface area contributed by atoms with Gasteiger partial charge in [-0.25, -0.2) is 14.4 Å². The quantitative estimate of drug-likeness (QED) is 0.0842. The first-order chi connectivity index (χ1) is 24.4. The number of carbonyl (C=O) groups is 3. The maximum Gasteiger partial charge on any atom is 0.336 e. The zero-order chi connectivity index (χ0) is 36.7. The lowest BCUT2D eigenvalue weighted by molar-refractivity contribution is -0.148. The van der Waals surface area contributed by atoms with E-state index in [1.54, 1.807) is 40.7 Å². The van der Waals surface area contributed by atoms with E-state index in [-0.39, 0.29) is 6.61 Å². The first-order valence-corrected chi connectivity index (χ1v) is 18.0. The van der Waals surface area contributed by atoms with Gasteiger partial charge in [-0.05, 0) is 121 Å². The highest BCUT2D eigenvalue weighted by atomic mass is 16.6. The first-order valence-electron chi connectivity index (χ1n) is 18.0. The Balaban J connectivity index is 1.26. The van der Waals surface area contributed by atoms with E-state index in [0.29, 0.717) is 40.1 Å². The highest BCUT2D eigenvalue weighted by Crippen LogP contribution is 2.41. The third kappa shape index (κ3) is 9.06. The molecule has 0 saturated heterocycles. The van der Waals surface area contributed by atoms with Crippen molar-refractivity contribution < 1.29 is 28.6 Å². The number of esters is 3. The third-order valence-electron chi connectivity index (χ3n) is 9.27. The maximum absolute atomic E-state index is 13.8. The van der Waals surface area contributed by atoms with Crippen LogP contribution < -0.4 is 10.6 Å². The minimum atomic E-state index is -0.778. The van der Waals surface area contributed by atoms with Crippen LogP contribution in [-0.2, 0) is 41.4 Å². The molecule has 9 nitrogen and oxygen atoms in total. The summed E-state index contributed by atoms with van der Waals surface area (Å²) in [5, 5.41) is 8.10. The van der Waals surface area contributed by atoms with Crippen molar-refractivity contribution in [3.63, 3.8) is 0 Å².